The number of ketones is 2. The maximum absolute atomic E-state index is 13.5. The largest absolute Gasteiger partial charge is 0.493 e. The second kappa shape index (κ2) is 12.9. The molecule has 0 aromatic heterocycles. The van der Waals surface area contributed by atoms with Gasteiger partial charge in [0, 0.05) is 24.8 Å². The lowest BCUT2D eigenvalue weighted by molar-refractivity contribution is -0.184. The first-order valence-corrected chi connectivity index (χ1v) is 16.2. The van der Waals surface area contributed by atoms with Crippen LogP contribution >= 0.6 is 0 Å². The Kier molecular flexibility index (Phi) is 9.48. The second-order valence-corrected chi connectivity index (χ2v) is 13.8. The highest BCUT2D eigenvalue weighted by Crippen LogP contribution is 2.67. The van der Waals surface area contributed by atoms with Crippen LogP contribution in [0.4, 0.5) is 0 Å². The van der Waals surface area contributed by atoms with Gasteiger partial charge < -0.3 is 29.7 Å². The number of allylic oxidation sites excluding steroid dienone is 1. The first kappa shape index (κ1) is 33.1. The van der Waals surface area contributed by atoms with Crippen molar-refractivity contribution in [3.63, 3.8) is 0 Å². The van der Waals surface area contributed by atoms with E-state index < -0.39 is 35.5 Å². The number of benzene rings is 1. The normalized spacial score (nSPS) is 33.6. The number of Topliss-reactive ketones (excluding diaryl/α,β-unsaturated/α-hetero) is 1. The molecule has 0 saturated heterocycles. The van der Waals surface area contributed by atoms with E-state index in [0.717, 1.165) is 24.0 Å². The van der Waals surface area contributed by atoms with Gasteiger partial charge in [0.15, 0.2) is 23.9 Å². The number of esters is 1. The molecule has 10 nitrogen and oxygen atoms in total. The fourth-order valence-electron chi connectivity index (χ4n) is 9.17. The summed E-state index contributed by atoms with van der Waals surface area (Å²) in [5.74, 6) is -0.0358. The summed E-state index contributed by atoms with van der Waals surface area (Å²) in [5, 5.41) is 26.2. The lowest BCUT2D eigenvalue weighted by atomic mass is 9.45. The van der Waals surface area contributed by atoms with Crippen LogP contribution in [-0.4, -0.2) is 72.7 Å². The van der Waals surface area contributed by atoms with Gasteiger partial charge in [0.25, 0.3) is 0 Å². The fourth-order valence-corrected chi connectivity index (χ4v) is 9.17. The highest BCUT2D eigenvalue weighted by Gasteiger charge is 2.68. The third-order valence-electron chi connectivity index (χ3n) is 11.6. The van der Waals surface area contributed by atoms with Crippen molar-refractivity contribution in [3.8, 4) is 11.5 Å². The molecule has 3 fully saturated rings. The van der Waals surface area contributed by atoms with E-state index in [9.17, 15) is 29.4 Å². The molecule has 0 heterocycles. The van der Waals surface area contributed by atoms with Crippen molar-refractivity contribution in [1.29, 1.82) is 0 Å². The number of carbonyl (C=O) groups is 4. The number of amides is 1. The van der Waals surface area contributed by atoms with E-state index in [4.69, 9.17) is 14.2 Å². The average molecular weight is 626 g/mol. The quantitative estimate of drug-likeness (QED) is 0.314. The summed E-state index contributed by atoms with van der Waals surface area (Å²) in [4.78, 5) is 50.4. The first-order chi connectivity index (χ1) is 21.4. The molecule has 5 rings (SSSR count). The number of carbonyl (C=O) groups excluding carboxylic acids is 4. The van der Waals surface area contributed by atoms with E-state index in [-0.39, 0.29) is 60.5 Å². The Balaban J connectivity index is 1.11. The van der Waals surface area contributed by atoms with Gasteiger partial charge in [0.1, 0.15) is 5.60 Å². The molecule has 246 valence electrons. The van der Waals surface area contributed by atoms with Gasteiger partial charge in [-0.05, 0) is 91.9 Å². The molecule has 10 heteroatoms. The predicted molar refractivity (Wildman–Crippen MR) is 165 cm³/mol. The van der Waals surface area contributed by atoms with E-state index in [1.807, 2.05) is 19.1 Å². The van der Waals surface area contributed by atoms with Crippen molar-refractivity contribution in [3.05, 3.63) is 35.4 Å². The Morgan fingerprint density at radius 2 is 1.78 bits per heavy atom. The fraction of sp³-hybridized carbons (Fsp3) is 0.657. The topological polar surface area (TPSA) is 148 Å². The summed E-state index contributed by atoms with van der Waals surface area (Å²) >= 11 is 0. The van der Waals surface area contributed by atoms with Crippen LogP contribution in [0.3, 0.4) is 0 Å². The lowest BCUT2D eigenvalue weighted by Crippen LogP contribution is -2.62. The van der Waals surface area contributed by atoms with Crippen LogP contribution in [0.5, 0.6) is 11.5 Å². The molecule has 7 atom stereocenters. The van der Waals surface area contributed by atoms with Crippen LogP contribution in [0.25, 0.3) is 0 Å². The van der Waals surface area contributed by atoms with Gasteiger partial charge in [-0.15, -0.1) is 0 Å². The third kappa shape index (κ3) is 6.03. The molecule has 0 bridgehead atoms. The maximum Gasteiger partial charge on any atom is 0.306 e. The molecule has 1 aromatic rings. The van der Waals surface area contributed by atoms with Crippen LogP contribution in [-0.2, 0) is 30.3 Å². The van der Waals surface area contributed by atoms with Crippen molar-refractivity contribution < 1.29 is 43.6 Å². The van der Waals surface area contributed by atoms with Crippen molar-refractivity contribution >= 4 is 23.4 Å². The summed E-state index contributed by atoms with van der Waals surface area (Å²) in [5.41, 5.74) is -0.742. The summed E-state index contributed by atoms with van der Waals surface area (Å²) in [6.07, 6.45) is 5.33. The standard InChI is InChI=1S/C35H47NO9/c1-33-14-11-23(37)18-22(33)6-7-24-25-12-15-35(42,34(25,2)19-26(38)32(24)33)29(39)20-45-31(41)10-9-30(40)36-16-13-21-5-8-27(43-3)28(17-21)44-4/h5,8,17-18,24-26,32,38,42H,6-7,9-16,19-20H2,1-4H3,(H,36,40)/t24-,25+,26+,32-,33+,34-,35+/m1/s1. The van der Waals surface area contributed by atoms with Gasteiger partial charge in [-0.25, -0.2) is 0 Å². The molecular weight excluding hydrogens is 578 g/mol. The molecule has 4 aliphatic rings. The lowest BCUT2D eigenvalue weighted by Gasteiger charge is -2.60. The zero-order valence-corrected chi connectivity index (χ0v) is 26.9. The van der Waals surface area contributed by atoms with Crippen molar-refractivity contribution in [2.45, 2.75) is 89.8 Å². The van der Waals surface area contributed by atoms with Crippen molar-refractivity contribution in [2.75, 3.05) is 27.4 Å². The Morgan fingerprint density at radius 1 is 1.02 bits per heavy atom. The number of nitrogens with one attached hydrogen (secondary N) is 1. The number of fused-ring (bicyclic) bond motifs is 5. The monoisotopic (exact) mass is 625 g/mol. The van der Waals surface area contributed by atoms with E-state index in [1.165, 1.54) is 0 Å². The summed E-state index contributed by atoms with van der Waals surface area (Å²) < 4.78 is 15.8. The number of rotatable bonds is 11. The predicted octanol–water partition coefficient (Wildman–Crippen LogP) is 3.49. The minimum absolute atomic E-state index is 0.0239. The average Bonchev–Trinajstić information content (AvgIpc) is 3.29. The van der Waals surface area contributed by atoms with Gasteiger partial charge in [0.2, 0.25) is 11.7 Å². The van der Waals surface area contributed by atoms with Crippen LogP contribution in [0, 0.1) is 28.6 Å². The molecule has 0 spiro atoms. The summed E-state index contributed by atoms with van der Waals surface area (Å²) in [6, 6.07) is 5.53. The first-order valence-electron chi connectivity index (χ1n) is 16.2. The van der Waals surface area contributed by atoms with Crippen molar-refractivity contribution in [1.82, 2.24) is 5.32 Å². The Labute approximate surface area is 264 Å². The molecular formula is C35H47NO9. The number of hydrogen-bond donors (Lipinski definition) is 3. The number of methoxy groups -OCH3 is 2. The van der Waals surface area contributed by atoms with Gasteiger partial charge in [-0.3, -0.25) is 19.2 Å². The second-order valence-electron chi connectivity index (χ2n) is 13.8. The van der Waals surface area contributed by atoms with Gasteiger partial charge >= 0.3 is 5.97 Å². The van der Waals surface area contributed by atoms with E-state index in [0.29, 0.717) is 43.7 Å². The molecule has 4 aliphatic carbocycles. The Bertz CT molecular complexity index is 1370. The van der Waals surface area contributed by atoms with Gasteiger partial charge in [-0.2, -0.15) is 0 Å². The van der Waals surface area contributed by atoms with E-state index >= 15 is 0 Å². The molecule has 3 N–H and O–H groups in total. The number of aliphatic hydroxyl groups excluding tert-OH is 1. The highest BCUT2D eigenvalue weighted by molar-refractivity contribution is 5.92. The molecule has 1 aromatic carbocycles. The maximum atomic E-state index is 13.5. The Hall–Kier alpha value is -3.24. The molecule has 0 aliphatic heterocycles. The summed E-state index contributed by atoms with van der Waals surface area (Å²) in [7, 11) is 3.12. The Morgan fingerprint density at radius 3 is 2.51 bits per heavy atom. The van der Waals surface area contributed by atoms with Crippen LogP contribution in [0.1, 0.15) is 77.2 Å². The summed E-state index contributed by atoms with van der Waals surface area (Å²) in [6.45, 7) is 3.86. The van der Waals surface area contributed by atoms with Crippen molar-refractivity contribution in [2.24, 2.45) is 28.6 Å². The van der Waals surface area contributed by atoms with Crippen LogP contribution in [0.15, 0.2) is 29.8 Å². The molecule has 0 radical (unpaired) electrons. The minimum atomic E-state index is -1.72. The molecule has 3 saturated carbocycles. The zero-order chi connectivity index (χ0) is 32.6. The SMILES string of the molecule is COc1ccc(CCNC(=O)CCC(=O)OCC(=O)[C@@]2(O)CC[C@H]3[C@H]4CCC5=CC(=O)CC[C@]5(C)[C@H]4[C@@H](O)C[C@]32C)cc1OC. The smallest absolute Gasteiger partial charge is 0.306 e. The molecule has 1 amide bonds. The van der Waals surface area contributed by atoms with Gasteiger partial charge in [0.05, 0.1) is 26.7 Å². The molecule has 0 unspecified atom stereocenters. The molecule has 45 heavy (non-hydrogen) atoms. The third-order valence-corrected chi connectivity index (χ3v) is 11.6. The van der Waals surface area contributed by atoms with Crippen LogP contribution < -0.4 is 14.8 Å². The number of ether oxygens (including phenoxy) is 3. The highest BCUT2D eigenvalue weighted by atomic mass is 16.5. The zero-order valence-electron chi connectivity index (χ0n) is 26.9. The minimum Gasteiger partial charge on any atom is -0.493 e. The van der Waals surface area contributed by atoms with Crippen LogP contribution in [0.2, 0.25) is 0 Å². The van der Waals surface area contributed by atoms with E-state index in [2.05, 4.69) is 12.2 Å². The van der Waals surface area contributed by atoms with E-state index in [1.54, 1.807) is 26.4 Å². The number of aliphatic hydroxyl groups is 2. The number of hydrogen-bond acceptors (Lipinski definition) is 9. The van der Waals surface area contributed by atoms with Gasteiger partial charge in [-0.1, -0.05) is 25.5 Å².